The van der Waals surface area contributed by atoms with Crippen molar-refractivity contribution in [2.45, 2.75) is 46.0 Å². The van der Waals surface area contributed by atoms with E-state index >= 15 is 0 Å². The number of hydrogen-bond donors (Lipinski definition) is 2. The van der Waals surface area contributed by atoms with E-state index in [1.165, 1.54) is 36.4 Å². The van der Waals surface area contributed by atoms with Crippen molar-refractivity contribution in [3.63, 3.8) is 0 Å². The van der Waals surface area contributed by atoms with Crippen molar-refractivity contribution in [1.82, 2.24) is 5.32 Å². The first kappa shape index (κ1) is 26.0. The van der Waals surface area contributed by atoms with Gasteiger partial charge in [-0.1, -0.05) is 45.0 Å². The molecule has 3 aromatic carbocycles. The lowest BCUT2D eigenvalue weighted by molar-refractivity contribution is -0.142. The van der Waals surface area contributed by atoms with Crippen LogP contribution < -0.4 is 10.1 Å². The van der Waals surface area contributed by atoms with Crippen molar-refractivity contribution in [2.24, 2.45) is 5.41 Å². The summed E-state index contributed by atoms with van der Waals surface area (Å²) in [6.07, 6.45) is -4.00. The Morgan fingerprint density at radius 1 is 1.03 bits per heavy atom. The van der Waals surface area contributed by atoms with Crippen LogP contribution in [0.2, 0.25) is 0 Å². The van der Waals surface area contributed by atoms with Crippen LogP contribution >= 0.6 is 0 Å². The number of hydrogen-bond acceptors (Lipinski definition) is 3. The van der Waals surface area contributed by atoms with Crippen LogP contribution in [0.25, 0.3) is 10.8 Å². The Balaban J connectivity index is 1.98. The number of nitrogens with one attached hydrogen (secondary N) is 1. The second-order valence-corrected chi connectivity index (χ2v) is 8.88. The van der Waals surface area contributed by atoms with Crippen molar-refractivity contribution in [3.8, 4) is 5.75 Å². The molecule has 9 heteroatoms. The average molecular weight is 491 g/mol. The summed E-state index contributed by atoms with van der Waals surface area (Å²) in [5.41, 5.74) is -1.20. The van der Waals surface area contributed by atoms with E-state index in [-0.39, 0.29) is 23.3 Å². The molecule has 0 bridgehead atoms. The Morgan fingerprint density at radius 2 is 1.66 bits per heavy atom. The van der Waals surface area contributed by atoms with Gasteiger partial charge >= 0.3 is 12.1 Å². The zero-order valence-corrected chi connectivity index (χ0v) is 19.4. The van der Waals surface area contributed by atoms with Crippen molar-refractivity contribution in [2.75, 3.05) is 0 Å². The van der Waals surface area contributed by atoms with E-state index in [0.29, 0.717) is 17.4 Å². The number of carboxylic acid groups (broad SMARTS) is 1. The minimum Gasteiger partial charge on any atom is -0.487 e. The third kappa shape index (κ3) is 5.90. The van der Waals surface area contributed by atoms with Gasteiger partial charge in [-0.3, -0.25) is 4.79 Å². The molecule has 0 aromatic heterocycles. The van der Waals surface area contributed by atoms with Gasteiger partial charge in [0.05, 0.1) is 11.1 Å². The third-order valence-electron chi connectivity index (χ3n) is 6.06. The molecule has 3 aromatic rings. The Morgan fingerprint density at radius 3 is 2.23 bits per heavy atom. The number of carbonyl (C=O) groups excluding carboxylic acids is 1. The minimum absolute atomic E-state index is 0.00200. The number of carbonyl (C=O) groups is 2. The van der Waals surface area contributed by atoms with E-state index in [9.17, 15) is 32.3 Å². The van der Waals surface area contributed by atoms with Gasteiger partial charge in [0.25, 0.3) is 5.91 Å². The maximum absolute atomic E-state index is 14.0. The van der Waals surface area contributed by atoms with Gasteiger partial charge in [-0.05, 0) is 53.1 Å². The molecule has 2 N–H and O–H groups in total. The zero-order valence-electron chi connectivity index (χ0n) is 19.4. The molecule has 0 aliphatic heterocycles. The fourth-order valence-electron chi connectivity index (χ4n) is 3.55. The van der Waals surface area contributed by atoms with Gasteiger partial charge in [-0.25, -0.2) is 9.18 Å². The molecule has 0 fully saturated rings. The fraction of sp³-hybridized carbons (Fsp3) is 0.308. The molecule has 5 nitrogen and oxygen atoms in total. The Bertz CT molecular complexity index is 1240. The molecule has 1 atom stereocenters. The highest BCUT2D eigenvalue weighted by Gasteiger charge is 2.36. The number of aliphatic carboxylic acids is 1. The molecule has 1 amide bonds. The van der Waals surface area contributed by atoms with Gasteiger partial charge in [0.15, 0.2) is 0 Å². The monoisotopic (exact) mass is 491 g/mol. The van der Waals surface area contributed by atoms with Gasteiger partial charge in [-0.15, -0.1) is 0 Å². The first-order valence-electron chi connectivity index (χ1n) is 10.9. The van der Waals surface area contributed by atoms with Gasteiger partial charge in [0.2, 0.25) is 0 Å². The Hall–Kier alpha value is -3.62. The van der Waals surface area contributed by atoms with Crippen LogP contribution in [0, 0.1) is 11.2 Å². The van der Waals surface area contributed by atoms with E-state index in [1.807, 2.05) is 0 Å². The number of carboxylic acids is 1. The van der Waals surface area contributed by atoms with Crippen LogP contribution in [0.15, 0.2) is 54.6 Å². The van der Waals surface area contributed by atoms with Crippen LogP contribution in [0.3, 0.4) is 0 Å². The SMILES string of the molecule is CCC(C)(C)C(NC(=O)c1ccc2ccc(F)cc2c1OCc1ccc(C(F)(F)F)cc1)C(=O)O. The average Bonchev–Trinajstić information content (AvgIpc) is 2.80. The second-order valence-electron chi connectivity index (χ2n) is 8.88. The van der Waals surface area contributed by atoms with Crippen molar-refractivity contribution < 1.29 is 37.0 Å². The number of fused-ring (bicyclic) bond motifs is 1. The highest BCUT2D eigenvalue weighted by atomic mass is 19.4. The maximum atomic E-state index is 14.0. The van der Waals surface area contributed by atoms with Crippen LogP contribution in [0.5, 0.6) is 5.75 Å². The highest BCUT2D eigenvalue weighted by Crippen LogP contribution is 2.33. The Kier molecular flexibility index (Phi) is 7.38. The molecule has 0 saturated carbocycles. The second kappa shape index (κ2) is 9.93. The molecule has 35 heavy (non-hydrogen) atoms. The predicted molar refractivity (Wildman–Crippen MR) is 123 cm³/mol. The van der Waals surface area contributed by atoms with E-state index in [1.54, 1.807) is 26.8 Å². The smallest absolute Gasteiger partial charge is 0.416 e. The van der Waals surface area contributed by atoms with E-state index in [0.717, 1.165) is 12.1 Å². The third-order valence-corrected chi connectivity index (χ3v) is 6.06. The number of ether oxygens (including phenoxy) is 1. The van der Waals surface area contributed by atoms with Crippen LogP contribution in [-0.2, 0) is 17.6 Å². The van der Waals surface area contributed by atoms with Gasteiger partial charge in [0.1, 0.15) is 24.2 Å². The largest absolute Gasteiger partial charge is 0.487 e. The molecule has 0 aliphatic rings. The molecule has 0 radical (unpaired) electrons. The van der Waals surface area contributed by atoms with E-state index < -0.39 is 40.9 Å². The van der Waals surface area contributed by atoms with E-state index in [2.05, 4.69) is 5.32 Å². The first-order valence-corrected chi connectivity index (χ1v) is 10.9. The summed E-state index contributed by atoms with van der Waals surface area (Å²) in [6, 6.07) is 10.1. The Labute approximate surface area is 199 Å². The van der Waals surface area contributed by atoms with Crippen LogP contribution in [0.4, 0.5) is 17.6 Å². The van der Waals surface area contributed by atoms with Crippen molar-refractivity contribution in [3.05, 3.63) is 77.1 Å². The molecule has 0 heterocycles. The number of amides is 1. The van der Waals surface area contributed by atoms with Gasteiger partial charge in [-0.2, -0.15) is 13.2 Å². The summed E-state index contributed by atoms with van der Waals surface area (Å²) in [4.78, 5) is 25.0. The first-order chi connectivity index (χ1) is 16.3. The molecular formula is C26H25F4NO4. The van der Waals surface area contributed by atoms with Gasteiger partial charge in [0, 0.05) is 5.39 Å². The number of benzene rings is 3. The fourth-order valence-corrected chi connectivity index (χ4v) is 3.55. The highest BCUT2D eigenvalue weighted by molar-refractivity contribution is 6.05. The summed E-state index contributed by atoms with van der Waals surface area (Å²) < 4.78 is 58.4. The molecule has 0 spiro atoms. The number of halogens is 4. The molecule has 0 aliphatic carbocycles. The molecule has 186 valence electrons. The summed E-state index contributed by atoms with van der Waals surface area (Å²) in [5, 5.41) is 13.0. The molecular weight excluding hydrogens is 466 g/mol. The standard InChI is InChI=1S/C26H25F4NO4/c1-4-25(2,3)22(24(33)34)31-23(32)19-12-8-16-7-11-18(27)13-20(16)21(19)35-14-15-5-9-17(10-6-15)26(28,29)30/h5-13,22H,4,14H2,1-3H3,(H,31,32)(H,33,34). The minimum atomic E-state index is -4.48. The maximum Gasteiger partial charge on any atom is 0.416 e. The topological polar surface area (TPSA) is 75.6 Å². The molecule has 1 unspecified atom stereocenters. The number of alkyl halides is 3. The quantitative estimate of drug-likeness (QED) is 0.368. The lowest BCUT2D eigenvalue weighted by atomic mass is 9.81. The summed E-state index contributed by atoms with van der Waals surface area (Å²) in [6.45, 7) is 5.03. The van der Waals surface area contributed by atoms with Gasteiger partial charge < -0.3 is 15.2 Å². The summed E-state index contributed by atoms with van der Waals surface area (Å²) >= 11 is 0. The van der Waals surface area contributed by atoms with Crippen molar-refractivity contribution in [1.29, 1.82) is 0 Å². The molecule has 3 rings (SSSR count). The lowest BCUT2D eigenvalue weighted by Crippen LogP contribution is -2.50. The van der Waals surface area contributed by atoms with Crippen LogP contribution in [0.1, 0.15) is 48.7 Å². The molecule has 0 saturated heterocycles. The van der Waals surface area contributed by atoms with E-state index in [4.69, 9.17) is 4.74 Å². The number of rotatable bonds is 8. The predicted octanol–water partition coefficient (Wildman–Crippen LogP) is 6.20. The van der Waals surface area contributed by atoms with Crippen molar-refractivity contribution >= 4 is 22.6 Å². The normalized spacial score (nSPS) is 12.9. The van der Waals surface area contributed by atoms with Crippen LogP contribution in [-0.4, -0.2) is 23.0 Å². The lowest BCUT2D eigenvalue weighted by Gasteiger charge is -2.31. The summed E-state index contributed by atoms with van der Waals surface area (Å²) in [7, 11) is 0. The zero-order chi connectivity index (χ0) is 26.0. The summed E-state index contributed by atoms with van der Waals surface area (Å²) in [5.74, 6) is -2.51.